The maximum Gasteiger partial charge on any atom is 0.255 e. The lowest BCUT2D eigenvalue weighted by Crippen LogP contribution is -2.13. The first kappa shape index (κ1) is 17.8. The maximum atomic E-state index is 12.6. The molecule has 0 saturated heterocycles. The van der Waals surface area contributed by atoms with Gasteiger partial charge in [-0.15, -0.1) is 11.3 Å². The molecular weight excluding hydrogens is 352 g/mol. The van der Waals surface area contributed by atoms with E-state index in [4.69, 9.17) is 14.2 Å². The van der Waals surface area contributed by atoms with Crippen molar-refractivity contribution in [3.05, 3.63) is 64.6 Å². The van der Waals surface area contributed by atoms with E-state index in [0.717, 1.165) is 5.69 Å². The van der Waals surface area contributed by atoms with Crippen molar-refractivity contribution in [1.82, 2.24) is 4.98 Å². The highest BCUT2D eigenvalue weighted by molar-refractivity contribution is 7.07. The number of hydrogen-bond donors (Lipinski definition) is 1. The molecule has 0 saturated carbocycles. The Labute approximate surface area is 155 Å². The largest absolute Gasteiger partial charge is 0.497 e. The Balaban J connectivity index is 1.73. The van der Waals surface area contributed by atoms with E-state index in [9.17, 15) is 4.79 Å². The quantitative estimate of drug-likeness (QED) is 0.681. The number of thiazole rings is 1. The Bertz CT molecular complexity index is 881. The van der Waals surface area contributed by atoms with Crippen molar-refractivity contribution < 1.29 is 19.0 Å². The van der Waals surface area contributed by atoms with Crippen LogP contribution < -0.4 is 19.5 Å². The lowest BCUT2D eigenvalue weighted by Gasteiger charge is -2.12. The number of aromatic nitrogens is 1. The predicted molar refractivity (Wildman–Crippen MR) is 100 cm³/mol. The number of rotatable bonds is 7. The predicted octanol–water partition coefficient (Wildman–Crippen LogP) is 3.99. The Kier molecular flexibility index (Phi) is 5.70. The molecule has 26 heavy (non-hydrogen) atoms. The van der Waals surface area contributed by atoms with Crippen molar-refractivity contribution in [1.29, 1.82) is 0 Å². The molecule has 1 aromatic heterocycles. The number of methoxy groups -OCH3 is 2. The van der Waals surface area contributed by atoms with Gasteiger partial charge < -0.3 is 19.5 Å². The first-order chi connectivity index (χ1) is 12.7. The van der Waals surface area contributed by atoms with Gasteiger partial charge in [-0.05, 0) is 30.3 Å². The van der Waals surface area contributed by atoms with Crippen LogP contribution in [-0.4, -0.2) is 25.1 Å². The van der Waals surface area contributed by atoms with E-state index in [-0.39, 0.29) is 5.91 Å². The fourth-order valence-electron chi connectivity index (χ4n) is 2.30. The minimum absolute atomic E-state index is 0.268. The summed E-state index contributed by atoms with van der Waals surface area (Å²) in [6.45, 7) is 0.359. The van der Waals surface area contributed by atoms with Crippen LogP contribution in [0.15, 0.2) is 53.4 Å². The fraction of sp³-hybridized carbons (Fsp3) is 0.158. The Hall–Kier alpha value is -3.06. The lowest BCUT2D eigenvalue weighted by molar-refractivity contribution is 0.102. The Morgan fingerprint density at radius 3 is 2.73 bits per heavy atom. The summed E-state index contributed by atoms with van der Waals surface area (Å²) in [7, 11) is 3.11. The molecular formula is C19H18N2O4S. The van der Waals surface area contributed by atoms with E-state index < -0.39 is 0 Å². The van der Waals surface area contributed by atoms with Gasteiger partial charge in [0.25, 0.3) is 5.91 Å². The fourth-order valence-corrected chi connectivity index (χ4v) is 2.84. The van der Waals surface area contributed by atoms with Gasteiger partial charge in [-0.3, -0.25) is 4.79 Å². The molecule has 0 spiro atoms. The van der Waals surface area contributed by atoms with Crippen LogP contribution in [0.2, 0.25) is 0 Å². The third-order valence-corrected chi connectivity index (χ3v) is 4.26. The van der Waals surface area contributed by atoms with Gasteiger partial charge >= 0.3 is 0 Å². The monoisotopic (exact) mass is 370 g/mol. The SMILES string of the molecule is COc1ccc(OC)c(NC(=O)c2cccc(OCc3cscn3)c2)c1. The standard InChI is InChI=1S/C19H18N2O4S/c1-23-15-6-7-18(24-2)17(9-15)21-19(22)13-4-3-5-16(8-13)25-10-14-11-26-12-20-14/h3-9,11-12H,10H2,1-2H3,(H,21,22). The van der Waals surface area contributed by atoms with Crippen LogP contribution in [0.25, 0.3) is 0 Å². The van der Waals surface area contributed by atoms with Crippen LogP contribution in [0.3, 0.4) is 0 Å². The van der Waals surface area contributed by atoms with Gasteiger partial charge in [0.15, 0.2) is 0 Å². The number of carbonyl (C=O) groups is 1. The number of nitrogens with one attached hydrogen (secondary N) is 1. The van der Waals surface area contributed by atoms with Gasteiger partial charge in [0.2, 0.25) is 0 Å². The summed E-state index contributed by atoms with van der Waals surface area (Å²) in [5.41, 5.74) is 3.62. The summed E-state index contributed by atoms with van der Waals surface area (Å²) in [6, 6.07) is 12.2. The van der Waals surface area contributed by atoms with E-state index in [0.29, 0.717) is 35.1 Å². The van der Waals surface area contributed by atoms with E-state index >= 15 is 0 Å². The third kappa shape index (κ3) is 4.31. The Morgan fingerprint density at radius 2 is 2.00 bits per heavy atom. The molecule has 0 radical (unpaired) electrons. The molecule has 6 nitrogen and oxygen atoms in total. The number of carbonyl (C=O) groups excluding carboxylic acids is 1. The molecule has 2 aromatic carbocycles. The molecule has 3 aromatic rings. The van der Waals surface area contributed by atoms with E-state index in [1.165, 1.54) is 11.3 Å². The van der Waals surface area contributed by atoms with Gasteiger partial charge in [0.1, 0.15) is 23.9 Å². The van der Waals surface area contributed by atoms with Gasteiger partial charge in [0, 0.05) is 17.0 Å². The maximum absolute atomic E-state index is 12.6. The minimum atomic E-state index is -0.268. The zero-order valence-electron chi connectivity index (χ0n) is 14.4. The van der Waals surface area contributed by atoms with E-state index in [1.54, 1.807) is 62.2 Å². The molecule has 134 valence electrons. The number of hydrogen-bond acceptors (Lipinski definition) is 6. The average molecular weight is 370 g/mol. The first-order valence-electron chi connectivity index (χ1n) is 7.83. The molecule has 1 amide bonds. The highest BCUT2D eigenvalue weighted by Gasteiger charge is 2.12. The molecule has 7 heteroatoms. The number of anilines is 1. The highest BCUT2D eigenvalue weighted by Crippen LogP contribution is 2.29. The zero-order valence-corrected chi connectivity index (χ0v) is 15.2. The van der Waals surface area contributed by atoms with Crippen LogP contribution in [0.1, 0.15) is 16.1 Å². The van der Waals surface area contributed by atoms with Crippen molar-refractivity contribution in [2.24, 2.45) is 0 Å². The summed E-state index contributed by atoms with van der Waals surface area (Å²) in [6.07, 6.45) is 0. The summed E-state index contributed by atoms with van der Waals surface area (Å²) >= 11 is 1.51. The van der Waals surface area contributed by atoms with Crippen LogP contribution in [0, 0.1) is 0 Å². The smallest absolute Gasteiger partial charge is 0.255 e. The van der Waals surface area contributed by atoms with Gasteiger partial charge in [-0.2, -0.15) is 0 Å². The lowest BCUT2D eigenvalue weighted by atomic mass is 10.2. The van der Waals surface area contributed by atoms with Crippen LogP contribution >= 0.6 is 11.3 Å². The molecule has 0 aliphatic carbocycles. The molecule has 0 unspecified atom stereocenters. The van der Waals surface area contributed by atoms with Crippen LogP contribution in [0.5, 0.6) is 17.2 Å². The van der Waals surface area contributed by atoms with Gasteiger partial charge in [-0.1, -0.05) is 6.07 Å². The highest BCUT2D eigenvalue weighted by atomic mass is 32.1. The molecule has 0 fully saturated rings. The third-order valence-electron chi connectivity index (χ3n) is 3.62. The second kappa shape index (κ2) is 8.35. The van der Waals surface area contributed by atoms with Crippen molar-refractivity contribution in [3.63, 3.8) is 0 Å². The summed E-state index contributed by atoms with van der Waals surface area (Å²) < 4.78 is 16.2. The average Bonchev–Trinajstić information content (AvgIpc) is 3.20. The molecule has 0 aliphatic rings. The second-order valence-electron chi connectivity index (χ2n) is 5.32. The van der Waals surface area contributed by atoms with E-state index in [1.807, 2.05) is 5.38 Å². The molecule has 1 N–H and O–H groups in total. The van der Waals surface area contributed by atoms with Crippen molar-refractivity contribution in [3.8, 4) is 17.2 Å². The van der Waals surface area contributed by atoms with E-state index in [2.05, 4.69) is 10.3 Å². The normalized spacial score (nSPS) is 10.2. The van der Waals surface area contributed by atoms with Crippen LogP contribution in [-0.2, 0) is 6.61 Å². The number of ether oxygens (including phenoxy) is 3. The van der Waals surface area contributed by atoms with Crippen molar-refractivity contribution in [2.45, 2.75) is 6.61 Å². The van der Waals surface area contributed by atoms with Crippen molar-refractivity contribution >= 4 is 22.9 Å². The molecule has 0 bridgehead atoms. The second-order valence-corrected chi connectivity index (χ2v) is 6.04. The summed E-state index contributed by atoms with van der Waals surface area (Å²) in [5.74, 6) is 1.51. The molecule has 1 heterocycles. The number of amides is 1. The molecule has 3 rings (SSSR count). The molecule has 0 aliphatic heterocycles. The molecule has 0 atom stereocenters. The number of benzene rings is 2. The Morgan fingerprint density at radius 1 is 1.12 bits per heavy atom. The van der Waals surface area contributed by atoms with Crippen molar-refractivity contribution in [2.75, 3.05) is 19.5 Å². The number of nitrogens with zero attached hydrogens (tertiary/aromatic N) is 1. The topological polar surface area (TPSA) is 69.7 Å². The van der Waals surface area contributed by atoms with Gasteiger partial charge in [0.05, 0.1) is 31.1 Å². The minimum Gasteiger partial charge on any atom is -0.497 e. The van der Waals surface area contributed by atoms with Gasteiger partial charge in [-0.25, -0.2) is 4.98 Å². The first-order valence-corrected chi connectivity index (χ1v) is 8.77. The summed E-state index contributed by atoms with van der Waals surface area (Å²) in [4.78, 5) is 16.8. The summed E-state index contributed by atoms with van der Waals surface area (Å²) in [5, 5.41) is 4.76. The van der Waals surface area contributed by atoms with Crippen LogP contribution in [0.4, 0.5) is 5.69 Å². The zero-order chi connectivity index (χ0) is 18.4.